The summed E-state index contributed by atoms with van der Waals surface area (Å²) < 4.78 is 4.82. The van der Waals surface area contributed by atoms with Gasteiger partial charge in [-0.05, 0) is 30.4 Å². The van der Waals surface area contributed by atoms with Gasteiger partial charge in [-0.3, -0.25) is 4.79 Å². The first-order valence-corrected chi connectivity index (χ1v) is 6.55. The van der Waals surface area contributed by atoms with Gasteiger partial charge in [-0.2, -0.15) is 0 Å². The Morgan fingerprint density at radius 2 is 1.58 bits per heavy atom. The van der Waals surface area contributed by atoms with Crippen molar-refractivity contribution in [1.29, 1.82) is 0 Å². The van der Waals surface area contributed by atoms with Gasteiger partial charge >= 0.3 is 5.97 Å². The quantitative estimate of drug-likeness (QED) is 0.852. The molecule has 1 aromatic rings. The Kier molecular flexibility index (Phi) is 4.41. The monoisotopic (exact) mass is 263 g/mol. The van der Waals surface area contributed by atoms with Crippen molar-refractivity contribution in [3.05, 3.63) is 35.4 Å². The number of carbonyl (C=O) groups excluding carboxylic acids is 1. The Labute approximate surface area is 116 Å². The van der Waals surface area contributed by atoms with E-state index in [0.29, 0.717) is 0 Å². The van der Waals surface area contributed by atoms with Crippen molar-refractivity contribution in [3.63, 3.8) is 0 Å². The second-order valence-electron chi connectivity index (χ2n) is 6.56. The summed E-state index contributed by atoms with van der Waals surface area (Å²) in [5.41, 5.74) is 7.78. The lowest BCUT2D eigenvalue weighted by atomic mass is 9.79. The molecule has 0 unspecified atom stereocenters. The summed E-state index contributed by atoms with van der Waals surface area (Å²) in [6.45, 7) is 10.1. The molecule has 0 bridgehead atoms. The van der Waals surface area contributed by atoms with E-state index < -0.39 is 5.41 Å². The van der Waals surface area contributed by atoms with E-state index in [1.807, 2.05) is 12.1 Å². The van der Waals surface area contributed by atoms with Crippen LogP contribution in [0.5, 0.6) is 0 Å². The normalized spacial score (nSPS) is 14.1. The number of ether oxygens (including phenoxy) is 1. The van der Waals surface area contributed by atoms with E-state index in [2.05, 4.69) is 32.9 Å². The van der Waals surface area contributed by atoms with E-state index in [1.165, 1.54) is 12.7 Å². The van der Waals surface area contributed by atoms with E-state index in [0.717, 1.165) is 5.56 Å². The lowest BCUT2D eigenvalue weighted by Crippen LogP contribution is -2.37. The number of methoxy groups -OCH3 is 1. The third-order valence-corrected chi connectivity index (χ3v) is 3.62. The molecule has 106 valence electrons. The van der Waals surface area contributed by atoms with E-state index in [1.54, 1.807) is 13.8 Å². The molecular formula is C16H25NO2. The van der Waals surface area contributed by atoms with Gasteiger partial charge in [0.1, 0.15) is 0 Å². The zero-order valence-corrected chi connectivity index (χ0v) is 12.8. The Balaban J connectivity index is 3.02. The topological polar surface area (TPSA) is 52.3 Å². The second-order valence-corrected chi connectivity index (χ2v) is 6.56. The predicted molar refractivity (Wildman–Crippen MR) is 77.9 cm³/mol. The molecule has 3 heteroatoms. The van der Waals surface area contributed by atoms with Gasteiger partial charge in [0, 0.05) is 6.04 Å². The van der Waals surface area contributed by atoms with Crippen molar-refractivity contribution < 1.29 is 9.53 Å². The summed E-state index contributed by atoms with van der Waals surface area (Å²) >= 11 is 0. The van der Waals surface area contributed by atoms with Gasteiger partial charge in [-0.15, -0.1) is 0 Å². The molecular weight excluding hydrogens is 238 g/mol. The van der Waals surface area contributed by atoms with Crippen molar-refractivity contribution in [1.82, 2.24) is 0 Å². The van der Waals surface area contributed by atoms with Crippen LogP contribution < -0.4 is 5.73 Å². The molecule has 0 saturated heterocycles. The van der Waals surface area contributed by atoms with Gasteiger partial charge < -0.3 is 10.5 Å². The third kappa shape index (κ3) is 3.35. The fourth-order valence-corrected chi connectivity index (χ4v) is 2.00. The van der Waals surface area contributed by atoms with Gasteiger partial charge in [0.25, 0.3) is 0 Å². The highest BCUT2D eigenvalue weighted by Gasteiger charge is 2.36. The molecule has 0 saturated carbocycles. The molecule has 19 heavy (non-hydrogen) atoms. The fourth-order valence-electron chi connectivity index (χ4n) is 2.00. The van der Waals surface area contributed by atoms with Crippen molar-refractivity contribution in [2.24, 2.45) is 11.1 Å². The first-order chi connectivity index (χ1) is 8.60. The molecule has 1 rings (SSSR count). The molecule has 0 aliphatic heterocycles. The van der Waals surface area contributed by atoms with Crippen LogP contribution in [-0.2, 0) is 14.9 Å². The minimum absolute atomic E-state index is 0.112. The molecule has 1 aromatic carbocycles. The Morgan fingerprint density at radius 1 is 1.11 bits per heavy atom. The van der Waals surface area contributed by atoms with Crippen molar-refractivity contribution in [3.8, 4) is 0 Å². The SMILES string of the molecule is COC(=O)C(C)(C)[C@@H](N)c1ccc(C(C)(C)C)cc1. The van der Waals surface area contributed by atoms with Crippen LogP contribution in [0.25, 0.3) is 0 Å². The van der Waals surface area contributed by atoms with E-state index in [9.17, 15) is 4.79 Å². The number of hydrogen-bond acceptors (Lipinski definition) is 3. The van der Waals surface area contributed by atoms with Crippen molar-refractivity contribution in [2.75, 3.05) is 7.11 Å². The molecule has 0 aromatic heterocycles. The van der Waals surface area contributed by atoms with Gasteiger partial charge in [0.2, 0.25) is 0 Å². The number of hydrogen-bond donors (Lipinski definition) is 1. The zero-order chi connectivity index (χ0) is 14.8. The number of nitrogens with two attached hydrogens (primary N) is 1. The Hall–Kier alpha value is -1.35. The first kappa shape index (κ1) is 15.7. The summed E-state index contributed by atoms with van der Waals surface area (Å²) in [5.74, 6) is -0.292. The summed E-state index contributed by atoms with van der Waals surface area (Å²) in [6, 6.07) is 7.76. The Morgan fingerprint density at radius 3 is 1.95 bits per heavy atom. The number of esters is 1. The van der Waals surface area contributed by atoms with Crippen LogP contribution in [0, 0.1) is 5.41 Å². The summed E-state index contributed by atoms with van der Waals surface area (Å²) in [5, 5.41) is 0. The van der Waals surface area contributed by atoms with Crippen LogP contribution >= 0.6 is 0 Å². The molecule has 0 heterocycles. The van der Waals surface area contributed by atoms with Crippen LogP contribution in [0.4, 0.5) is 0 Å². The first-order valence-electron chi connectivity index (χ1n) is 6.55. The minimum Gasteiger partial charge on any atom is -0.469 e. The highest BCUT2D eigenvalue weighted by molar-refractivity contribution is 5.77. The lowest BCUT2D eigenvalue weighted by Gasteiger charge is -2.29. The second kappa shape index (κ2) is 5.33. The van der Waals surface area contributed by atoms with Crippen molar-refractivity contribution >= 4 is 5.97 Å². The summed E-state index contributed by atoms with van der Waals surface area (Å²) in [7, 11) is 1.39. The number of rotatable bonds is 3. The lowest BCUT2D eigenvalue weighted by molar-refractivity contribution is -0.152. The maximum absolute atomic E-state index is 11.8. The van der Waals surface area contributed by atoms with Crippen LogP contribution in [0.2, 0.25) is 0 Å². The van der Waals surface area contributed by atoms with Crippen LogP contribution in [0.1, 0.15) is 51.8 Å². The van der Waals surface area contributed by atoms with Gasteiger partial charge in [0.05, 0.1) is 12.5 Å². The highest BCUT2D eigenvalue weighted by Crippen LogP contribution is 2.33. The van der Waals surface area contributed by atoms with E-state index >= 15 is 0 Å². The standard InChI is InChI=1S/C16H25NO2/c1-15(2,3)12-9-7-11(8-10-12)13(17)16(4,5)14(18)19-6/h7-10,13H,17H2,1-6H3/t13-/m0/s1. The molecule has 2 N–H and O–H groups in total. The summed E-state index contributed by atoms with van der Waals surface area (Å²) in [4.78, 5) is 11.8. The molecule has 1 atom stereocenters. The average Bonchev–Trinajstić information content (AvgIpc) is 2.35. The Bertz CT molecular complexity index is 441. The molecule has 0 fully saturated rings. The maximum atomic E-state index is 11.8. The van der Waals surface area contributed by atoms with Crippen molar-refractivity contribution in [2.45, 2.75) is 46.1 Å². The van der Waals surface area contributed by atoms with E-state index in [4.69, 9.17) is 10.5 Å². The molecule has 0 amide bonds. The van der Waals surface area contributed by atoms with Gasteiger partial charge in [-0.25, -0.2) is 0 Å². The molecule has 0 spiro atoms. The third-order valence-electron chi connectivity index (χ3n) is 3.62. The minimum atomic E-state index is -0.738. The van der Waals surface area contributed by atoms with Crippen LogP contribution in [-0.4, -0.2) is 13.1 Å². The molecule has 3 nitrogen and oxygen atoms in total. The van der Waals surface area contributed by atoms with Gasteiger partial charge in [-0.1, -0.05) is 45.0 Å². The van der Waals surface area contributed by atoms with Crippen LogP contribution in [0.15, 0.2) is 24.3 Å². The maximum Gasteiger partial charge on any atom is 0.313 e. The fraction of sp³-hybridized carbons (Fsp3) is 0.562. The predicted octanol–water partition coefficient (Wildman–Crippen LogP) is 3.18. The zero-order valence-electron chi connectivity index (χ0n) is 12.8. The molecule has 0 aliphatic carbocycles. The van der Waals surface area contributed by atoms with E-state index in [-0.39, 0.29) is 17.4 Å². The number of benzene rings is 1. The highest BCUT2D eigenvalue weighted by atomic mass is 16.5. The summed E-state index contributed by atoms with van der Waals surface area (Å²) in [6.07, 6.45) is 0. The largest absolute Gasteiger partial charge is 0.469 e. The number of carbonyl (C=O) groups is 1. The van der Waals surface area contributed by atoms with Crippen LogP contribution in [0.3, 0.4) is 0 Å². The molecule has 0 aliphatic rings. The average molecular weight is 263 g/mol. The molecule has 0 radical (unpaired) electrons. The smallest absolute Gasteiger partial charge is 0.313 e. The van der Waals surface area contributed by atoms with Gasteiger partial charge in [0.15, 0.2) is 0 Å².